The molecule has 0 aliphatic carbocycles. The minimum Gasteiger partial charge on any atom is -0.495 e. The van der Waals surface area contributed by atoms with Gasteiger partial charge in [0.25, 0.3) is 0 Å². The van der Waals surface area contributed by atoms with Crippen molar-refractivity contribution in [2.24, 2.45) is 0 Å². The fourth-order valence-corrected chi connectivity index (χ4v) is 3.44. The van der Waals surface area contributed by atoms with E-state index in [-0.39, 0.29) is 4.90 Å². The quantitative estimate of drug-likeness (QED) is 0.827. The number of hydrogen-bond acceptors (Lipinski definition) is 4. The maximum Gasteiger partial charge on any atom is 0.242 e. The van der Waals surface area contributed by atoms with E-state index in [1.807, 2.05) is 19.9 Å². The van der Waals surface area contributed by atoms with Crippen molar-refractivity contribution in [2.45, 2.75) is 31.7 Å². The lowest BCUT2D eigenvalue weighted by Gasteiger charge is -2.16. The molecule has 2 aromatic rings. The highest BCUT2D eigenvalue weighted by Crippen LogP contribution is 2.25. The van der Waals surface area contributed by atoms with Gasteiger partial charge >= 0.3 is 0 Å². The van der Waals surface area contributed by atoms with Crippen molar-refractivity contribution in [2.75, 3.05) is 12.4 Å². The predicted octanol–water partition coefficient (Wildman–Crippen LogP) is 2.62. The summed E-state index contributed by atoms with van der Waals surface area (Å²) in [5, 5.41) is 2.69. The van der Waals surface area contributed by atoms with Crippen molar-refractivity contribution in [1.29, 1.82) is 0 Å². The van der Waals surface area contributed by atoms with Gasteiger partial charge in [0.15, 0.2) is 0 Å². The highest BCUT2D eigenvalue weighted by molar-refractivity contribution is 7.89. The smallest absolute Gasteiger partial charge is 0.242 e. The number of hydrogen-bond donors (Lipinski definition) is 2. The summed E-state index contributed by atoms with van der Waals surface area (Å²) >= 11 is 0. The van der Waals surface area contributed by atoms with E-state index in [1.165, 1.54) is 26.2 Å². The number of nitrogens with one attached hydrogen (secondary N) is 2. The SMILES string of the molecule is COc1ccc(C)cc1NC(=O)C(C)NS(=O)(=O)c1ccc(C)cc1. The van der Waals surface area contributed by atoms with Crippen LogP contribution in [0.3, 0.4) is 0 Å². The standard InChI is InChI=1S/C18H22N2O4S/c1-12-5-8-15(9-6-12)25(22,23)20-14(3)18(21)19-16-11-13(2)7-10-17(16)24-4/h5-11,14,20H,1-4H3,(H,19,21). The molecule has 0 fully saturated rings. The van der Waals surface area contributed by atoms with Crippen molar-refractivity contribution in [3.05, 3.63) is 53.6 Å². The molecule has 0 radical (unpaired) electrons. The van der Waals surface area contributed by atoms with Gasteiger partial charge in [-0.1, -0.05) is 23.8 Å². The predicted molar refractivity (Wildman–Crippen MR) is 97.3 cm³/mol. The molecular weight excluding hydrogens is 340 g/mol. The second-order valence-corrected chi connectivity index (χ2v) is 7.56. The Bertz CT molecular complexity index is 861. The summed E-state index contributed by atoms with van der Waals surface area (Å²) in [5.74, 6) is 0.0344. The van der Waals surface area contributed by atoms with E-state index in [0.717, 1.165) is 11.1 Å². The van der Waals surface area contributed by atoms with Gasteiger partial charge in [-0.3, -0.25) is 4.79 Å². The van der Waals surface area contributed by atoms with Crippen LogP contribution >= 0.6 is 0 Å². The molecule has 7 heteroatoms. The minimum absolute atomic E-state index is 0.117. The van der Waals surface area contributed by atoms with E-state index >= 15 is 0 Å². The lowest BCUT2D eigenvalue weighted by Crippen LogP contribution is -2.41. The number of aryl methyl sites for hydroxylation is 2. The third-order valence-corrected chi connectivity index (χ3v) is 5.23. The summed E-state index contributed by atoms with van der Waals surface area (Å²) in [6.45, 7) is 5.25. The number of carbonyl (C=O) groups is 1. The van der Waals surface area contributed by atoms with Crippen molar-refractivity contribution in [3.8, 4) is 5.75 Å². The minimum atomic E-state index is -3.78. The molecule has 25 heavy (non-hydrogen) atoms. The molecule has 0 heterocycles. The van der Waals surface area contributed by atoms with Crippen LogP contribution in [0.5, 0.6) is 5.75 Å². The van der Waals surface area contributed by atoms with Crippen LogP contribution in [-0.4, -0.2) is 27.5 Å². The van der Waals surface area contributed by atoms with Gasteiger partial charge in [-0.05, 0) is 50.6 Å². The Morgan fingerprint density at radius 3 is 2.24 bits per heavy atom. The maximum absolute atomic E-state index is 12.4. The number of rotatable bonds is 6. The maximum atomic E-state index is 12.4. The molecule has 0 spiro atoms. The van der Waals surface area contributed by atoms with Crippen molar-refractivity contribution >= 4 is 21.6 Å². The summed E-state index contributed by atoms with van der Waals surface area (Å²) in [5.41, 5.74) is 2.40. The molecule has 1 unspecified atom stereocenters. The summed E-state index contributed by atoms with van der Waals surface area (Å²) in [4.78, 5) is 12.5. The summed E-state index contributed by atoms with van der Waals surface area (Å²) < 4.78 is 32.3. The fourth-order valence-electron chi connectivity index (χ4n) is 2.23. The zero-order chi connectivity index (χ0) is 18.6. The molecule has 0 aromatic heterocycles. The van der Waals surface area contributed by atoms with Crippen LogP contribution in [0.4, 0.5) is 5.69 Å². The van der Waals surface area contributed by atoms with Crippen LogP contribution in [0, 0.1) is 13.8 Å². The summed E-state index contributed by atoms with van der Waals surface area (Å²) in [6, 6.07) is 10.8. The number of amides is 1. The molecule has 2 N–H and O–H groups in total. The van der Waals surface area contributed by atoms with Crippen LogP contribution in [0.25, 0.3) is 0 Å². The number of anilines is 1. The fraction of sp³-hybridized carbons (Fsp3) is 0.278. The molecule has 0 aliphatic heterocycles. The molecule has 1 amide bonds. The second kappa shape index (κ2) is 7.67. The van der Waals surface area contributed by atoms with Crippen molar-refractivity contribution in [3.63, 3.8) is 0 Å². The van der Waals surface area contributed by atoms with Gasteiger partial charge < -0.3 is 10.1 Å². The van der Waals surface area contributed by atoms with E-state index in [9.17, 15) is 13.2 Å². The molecule has 2 rings (SSSR count). The Balaban J connectivity index is 2.12. The number of benzene rings is 2. The molecule has 134 valence electrons. The lowest BCUT2D eigenvalue weighted by atomic mass is 10.2. The van der Waals surface area contributed by atoms with Gasteiger partial charge in [0.1, 0.15) is 5.75 Å². The molecule has 0 bridgehead atoms. The summed E-state index contributed by atoms with van der Waals surface area (Å²) in [6.07, 6.45) is 0. The first-order valence-corrected chi connectivity index (χ1v) is 9.26. The van der Waals surface area contributed by atoms with Crippen molar-refractivity contribution in [1.82, 2.24) is 4.72 Å². The third-order valence-electron chi connectivity index (χ3n) is 3.67. The highest BCUT2D eigenvalue weighted by atomic mass is 32.2. The largest absolute Gasteiger partial charge is 0.495 e. The second-order valence-electron chi connectivity index (χ2n) is 5.85. The molecule has 2 aromatic carbocycles. The molecular formula is C18H22N2O4S. The number of sulfonamides is 1. The molecule has 6 nitrogen and oxygen atoms in total. The third kappa shape index (κ3) is 4.80. The Morgan fingerprint density at radius 1 is 1.04 bits per heavy atom. The van der Waals surface area contributed by atoms with E-state index in [0.29, 0.717) is 11.4 Å². The van der Waals surface area contributed by atoms with Gasteiger partial charge in [0.2, 0.25) is 15.9 Å². The van der Waals surface area contributed by atoms with Gasteiger partial charge in [0.05, 0.1) is 23.7 Å². The zero-order valence-electron chi connectivity index (χ0n) is 14.7. The van der Waals surface area contributed by atoms with Crippen LogP contribution in [0.1, 0.15) is 18.1 Å². The lowest BCUT2D eigenvalue weighted by molar-refractivity contribution is -0.117. The Morgan fingerprint density at radius 2 is 1.64 bits per heavy atom. The molecule has 1 atom stereocenters. The number of methoxy groups -OCH3 is 1. The van der Waals surface area contributed by atoms with E-state index in [4.69, 9.17) is 4.74 Å². The Hall–Kier alpha value is -2.38. The van der Waals surface area contributed by atoms with Gasteiger partial charge in [-0.25, -0.2) is 8.42 Å². The Kier molecular flexibility index (Phi) is 5.81. The van der Waals surface area contributed by atoms with Gasteiger partial charge in [0, 0.05) is 0 Å². The van der Waals surface area contributed by atoms with Crippen molar-refractivity contribution < 1.29 is 17.9 Å². The van der Waals surface area contributed by atoms with Gasteiger partial charge in [-0.2, -0.15) is 4.72 Å². The summed E-state index contributed by atoms with van der Waals surface area (Å²) in [7, 11) is -2.28. The van der Waals surface area contributed by atoms with Crippen LogP contribution < -0.4 is 14.8 Å². The zero-order valence-corrected chi connectivity index (χ0v) is 15.5. The first kappa shape index (κ1) is 19.0. The van der Waals surface area contributed by atoms with E-state index in [2.05, 4.69) is 10.0 Å². The number of ether oxygens (including phenoxy) is 1. The normalized spacial score (nSPS) is 12.5. The molecule has 0 aliphatic rings. The van der Waals surface area contributed by atoms with E-state index < -0.39 is 22.0 Å². The Labute approximate surface area is 148 Å². The molecule has 0 saturated carbocycles. The van der Waals surface area contributed by atoms with E-state index in [1.54, 1.807) is 24.3 Å². The topological polar surface area (TPSA) is 84.5 Å². The van der Waals surface area contributed by atoms with Crippen LogP contribution in [0.15, 0.2) is 47.4 Å². The van der Waals surface area contributed by atoms with Crippen LogP contribution in [0.2, 0.25) is 0 Å². The highest BCUT2D eigenvalue weighted by Gasteiger charge is 2.22. The first-order valence-electron chi connectivity index (χ1n) is 7.77. The van der Waals surface area contributed by atoms with Gasteiger partial charge in [-0.15, -0.1) is 0 Å². The monoisotopic (exact) mass is 362 g/mol. The average Bonchev–Trinajstić information content (AvgIpc) is 2.55. The molecule has 0 saturated heterocycles. The number of carbonyl (C=O) groups excluding carboxylic acids is 1. The average molecular weight is 362 g/mol. The van der Waals surface area contributed by atoms with Crippen LogP contribution in [-0.2, 0) is 14.8 Å². The first-order chi connectivity index (χ1) is 11.7.